The third-order valence-electron chi connectivity index (χ3n) is 4.11. The number of carbonyl (C=O) groups is 2. The fraction of sp³-hybridized carbons (Fsp3) is 0.300. The first-order valence-electron chi connectivity index (χ1n) is 8.81. The Morgan fingerprint density at radius 2 is 1.48 bits per heavy atom. The number of azo groups is 1. The van der Waals surface area contributed by atoms with Gasteiger partial charge in [0.1, 0.15) is 28.7 Å². The number of hydrogen-bond acceptors (Lipinski definition) is 8. The molecule has 2 rings (SSSR count). The smallest absolute Gasteiger partial charge is 0.276 e. The topological polar surface area (TPSA) is 99.0 Å². The Morgan fingerprint density at radius 1 is 0.903 bits per heavy atom. The number of carbonyl (C=O) groups excluding carboxylic acids is 2. The average Bonchev–Trinajstić information content (AvgIpc) is 2.77. The average molecular weight is 470 g/mol. The van der Waals surface area contributed by atoms with E-state index in [0.717, 1.165) is 4.42 Å². The maximum Gasteiger partial charge on any atom is 0.276 e. The standard InChI is InChI=1S/C20H21Cl2N3O6/c1-11(26)19(24-23-16-9-15(21)17(30-4)10-18(16)31-5)20(27)25(22)12-6-13(28-2)8-14(7-12)29-3/h6-10,19H,1-5H3. The minimum absolute atomic E-state index is 0.205. The zero-order valence-electron chi connectivity index (χ0n) is 17.5. The van der Waals surface area contributed by atoms with Gasteiger partial charge in [-0.15, -0.1) is 0 Å². The molecule has 0 bridgehead atoms. The van der Waals surface area contributed by atoms with Crippen LogP contribution in [-0.2, 0) is 9.59 Å². The van der Waals surface area contributed by atoms with E-state index >= 15 is 0 Å². The van der Waals surface area contributed by atoms with Crippen LogP contribution in [0.1, 0.15) is 6.92 Å². The van der Waals surface area contributed by atoms with Gasteiger partial charge in [0.25, 0.3) is 5.91 Å². The highest BCUT2D eigenvalue weighted by Crippen LogP contribution is 2.38. The van der Waals surface area contributed by atoms with E-state index in [0.29, 0.717) is 23.0 Å². The largest absolute Gasteiger partial charge is 0.497 e. The predicted octanol–water partition coefficient (Wildman–Crippen LogP) is 4.60. The molecule has 0 aliphatic heterocycles. The van der Waals surface area contributed by atoms with Gasteiger partial charge in [0.05, 0.1) is 39.1 Å². The van der Waals surface area contributed by atoms with Crippen LogP contribution in [-0.4, -0.2) is 46.2 Å². The van der Waals surface area contributed by atoms with E-state index in [9.17, 15) is 9.59 Å². The SMILES string of the molecule is COc1cc(OC)cc(N(Cl)C(=O)C(N=Nc2cc(Cl)c(OC)cc2OC)C(C)=O)c1. The summed E-state index contributed by atoms with van der Waals surface area (Å²) in [4.78, 5) is 25.0. The van der Waals surface area contributed by atoms with Gasteiger partial charge in [0.2, 0.25) is 6.04 Å². The number of Topliss-reactive ketones (excluding diaryl/α,β-unsaturated/α-hetero) is 1. The number of anilines is 1. The lowest BCUT2D eigenvalue weighted by Gasteiger charge is -2.18. The maximum absolute atomic E-state index is 12.9. The highest BCUT2D eigenvalue weighted by atomic mass is 35.5. The van der Waals surface area contributed by atoms with Gasteiger partial charge in [-0.3, -0.25) is 9.59 Å². The molecule has 0 heterocycles. The van der Waals surface area contributed by atoms with E-state index in [1.54, 1.807) is 6.07 Å². The molecule has 0 radical (unpaired) electrons. The Bertz CT molecular complexity index is 977. The Balaban J connectivity index is 2.37. The van der Waals surface area contributed by atoms with Crippen LogP contribution in [0.3, 0.4) is 0 Å². The zero-order valence-corrected chi connectivity index (χ0v) is 19.0. The lowest BCUT2D eigenvalue weighted by atomic mass is 10.2. The van der Waals surface area contributed by atoms with E-state index in [-0.39, 0.29) is 16.4 Å². The summed E-state index contributed by atoms with van der Waals surface area (Å²) < 4.78 is 21.5. The quantitative estimate of drug-likeness (QED) is 0.302. The van der Waals surface area contributed by atoms with Gasteiger partial charge in [-0.2, -0.15) is 10.2 Å². The number of rotatable bonds is 9. The third-order valence-corrected chi connectivity index (χ3v) is 4.77. The molecule has 166 valence electrons. The van der Waals surface area contributed by atoms with Crippen molar-refractivity contribution in [2.24, 2.45) is 10.2 Å². The van der Waals surface area contributed by atoms with Crippen molar-refractivity contribution in [1.82, 2.24) is 0 Å². The number of ketones is 1. The molecule has 11 heteroatoms. The summed E-state index contributed by atoms with van der Waals surface area (Å²) in [6, 6.07) is 6.08. The molecule has 1 amide bonds. The normalized spacial score (nSPS) is 11.7. The first kappa shape index (κ1) is 24.2. The van der Waals surface area contributed by atoms with Crippen LogP contribution in [0.4, 0.5) is 11.4 Å². The lowest BCUT2D eigenvalue weighted by Crippen LogP contribution is -2.36. The van der Waals surface area contributed by atoms with Crippen LogP contribution < -0.4 is 23.4 Å². The number of halogens is 2. The molecular weight excluding hydrogens is 449 g/mol. The van der Waals surface area contributed by atoms with E-state index in [2.05, 4.69) is 10.2 Å². The van der Waals surface area contributed by atoms with Crippen molar-refractivity contribution in [3.05, 3.63) is 35.4 Å². The van der Waals surface area contributed by atoms with Gasteiger partial charge < -0.3 is 18.9 Å². The van der Waals surface area contributed by atoms with Crippen molar-refractivity contribution in [2.45, 2.75) is 13.0 Å². The zero-order chi connectivity index (χ0) is 23.1. The molecule has 1 atom stereocenters. The molecule has 0 fully saturated rings. The third kappa shape index (κ3) is 5.77. The molecule has 2 aromatic rings. The van der Waals surface area contributed by atoms with Gasteiger partial charge in [0.15, 0.2) is 5.78 Å². The number of methoxy groups -OCH3 is 4. The molecule has 0 spiro atoms. The number of ether oxygens (including phenoxy) is 4. The molecule has 9 nitrogen and oxygen atoms in total. The van der Waals surface area contributed by atoms with E-state index in [1.165, 1.54) is 59.6 Å². The minimum atomic E-state index is -1.50. The molecule has 0 saturated carbocycles. The second-order valence-electron chi connectivity index (χ2n) is 6.08. The fourth-order valence-electron chi connectivity index (χ4n) is 2.49. The molecule has 0 aliphatic rings. The summed E-state index contributed by atoms with van der Waals surface area (Å²) in [5.41, 5.74) is 0.436. The molecule has 0 aromatic heterocycles. The molecule has 0 aliphatic carbocycles. The van der Waals surface area contributed by atoms with Gasteiger partial charge in [-0.1, -0.05) is 11.6 Å². The van der Waals surface area contributed by atoms with Crippen molar-refractivity contribution in [1.29, 1.82) is 0 Å². The number of amides is 1. The minimum Gasteiger partial charge on any atom is -0.497 e. The van der Waals surface area contributed by atoms with Crippen molar-refractivity contribution >= 4 is 46.4 Å². The monoisotopic (exact) mass is 469 g/mol. The van der Waals surface area contributed by atoms with Crippen LogP contribution in [0.5, 0.6) is 23.0 Å². The van der Waals surface area contributed by atoms with Crippen LogP contribution in [0.15, 0.2) is 40.6 Å². The summed E-state index contributed by atoms with van der Waals surface area (Å²) >= 11 is 12.3. The second-order valence-corrected chi connectivity index (χ2v) is 6.82. The van der Waals surface area contributed by atoms with E-state index in [4.69, 9.17) is 42.3 Å². The van der Waals surface area contributed by atoms with Crippen LogP contribution >= 0.6 is 23.4 Å². The molecule has 31 heavy (non-hydrogen) atoms. The first-order chi connectivity index (χ1) is 14.7. The van der Waals surface area contributed by atoms with E-state index < -0.39 is 17.7 Å². The Labute approximate surface area is 189 Å². The fourth-order valence-corrected chi connectivity index (χ4v) is 2.91. The van der Waals surface area contributed by atoms with Crippen molar-refractivity contribution in [2.75, 3.05) is 32.9 Å². The van der Waals surface area contributed by atoms with E-state index in [1.807, 2.05) is 0 Å². The highest BCUT2D eigenvalue weighted by molar-refractivity contribution is 6.39. The van der Waals surface area contributed by atoms with Gasteiger partial charge in [-0.25, -0.2) is 4.42 Å². The van der Waals surface area contributed by atoms with Gasteiger partial charge in [0, 0.05) is 36.0 Å². The summed E-state index contributed by atoms with van der Waals surface area (Å²) in [6.07, 6.45) is 0. The molecule has 2 aromatic carbocycles. The van der Waals surface area contributed by atoms with Gasteiger partial charge in [-0.05, 0) is 13.0 Å². The lowest BCUT2D eigenvalue weighted by molar-refractivity contribution is -0.126. The summed E-state index contributed by atoms with van der Waals surface area (Å²) in [7, 11) is 5.79. The molecule has 0 saturated heterocycles. The van der Waals surface area contributed by atoms with Gasteiger partial charge >= 0.3 is 0 Å². The van der Waals surface area contributed by atoms with Crippen LogP contribution in [0, 0.1) is 0 Å². The Kier molecular flexibility index (Phi) is 8.47. The van der Waals surface area contributed by atoms with Crippen LogP contribution in [0.2, 0.25) is 5.02 Å². The van der Waals surface area contributed by atoms with Crippen molar-refractivity contribution in [3.63, 3.8) is 0 Å². The number of nitrogens with zero attached hydrogens (tertiary/aromatic N) is 3. The van der Waals surface area contributed by atoms with Crippen molar-refractivity contribution in [3.8, 4) is 23.0 Å². The highest BCUT2D eigenvalue weighted by Gasteiger charge is 2.29. The Hall–Kier alpha value is -3.04. The first-order valence-corrected chi connectivity index (χ1v) is 9.52. The van der Waals surface area contributed by atoms with Crippen molar-refractivity contribution < 1.29 is 28.5 Å². The maximum atomic E-state index is 12.9. The number of benzene rings is 2. The Morgan fingerprint density at radius 3 is 1.97 bits per heavy atom. The van der Waals surface area contributed by atoms with Crippen LogP contribution in [0.25, 0.3) is 0 Å². The molecule has 1 unspecified atom stereocenters. The summed E-state index contributed by atoms with van der Waals surface area (Å²) in [5.74, 6) is 0.105. The molecule has 0 N–H and O–H groups in total. The predicted molar refractivity (Wildman–Crippen MR) is 116 cm³/mol. The molecular formula is C20H21Cl2N3O6. The second kappa shape index (κ2) is 10.8. The summed E-state index contributed by atoms with van der Waals surface area (Å²) in [6.45, 7) is 1.21. The summed E-state index contributed by atoms with van der Waals surface area (Å²) in [5, 5.41) is 8.13. The number of hydrogen-bond donors (Lipinski definition) is 0.